The Labute approximate surface area is 127 Å². The van der Waals surface area contributed by atoms with E-state index in [0.29, 0.717) is 11.7 Å². The first kappa shape index (κ1) is 16.1. The minimum Gasteiger partial charge on any atom is -0.382 e. The number of hydrogen-bond acceptors (Lipinski definition) is 4. The molecule has 2 unspecified atom stereocenters. The van der Waals surface area contributed by atoms with Crippen LogP contribution in [0.1, 0.15) is 32.3 Å². The van der Waals surface area contributed by atoms with Crippen LogP contribution in [-0.4, -0.2) is 32.9 Å². The SMILES string of the molecule is Cc1cc(NC2CC(C)OC(C)C2)ccc1NS(C)(=O)=O. The highest BCUT2D eigenvalue weighted by Gasteiger charge is 2.24. The van der Waals surface area contributed by atoms with Crippen molar-refractivity contribution in [2.45, 2.75) is 51.9 Å². The first-order valence-corrected chi connectivity index (χ1v) is 9.12. The van der Waals surface area contributed by atoms with Gasteiger partial charge in [-0.2, -0.15) is 0 Å². The first-order chi connectivity index (χ1) is 9.73. The van der Waals surface area contributed by atoms with Crippen LogP contribution in [0.4, 0.5) is 11.4 Å². The standard InChI is InChI=1S/C15H24N2O3S/c1-10-7-13(5-6-15(10)17-21(4,18)19)16-14-8-11(2)20-12(3)9-14/h5-7,11-12,14,16-17H,8-9H2,1-4H3. The Balaban J connectivity index is 2.06. The van der Waals surface area contributed by atoms with Crippen molar-refractivity contribution >= 4 is 21.4 Å². The average Bonchev–Trinajstić information content (AvgIpc) is 2.30. The van der Waals surface area contributed by atoms with Crippen LogP contribution in [0.3, 0.4) is 0 Å². The number of rotatable bonds is 4. The van der Waals surface area contributed by atoms with Crippen LogP contribution >= 0.6 is 0 Å². The molecule has 5 nitrogen and oxygen atoms in total. The zero-order valence-electron chi connectivity index (χ0n) is 13.0. The normalized spacial score (nSPS) is 26.4. The van der Waals surface area contributed by atoms with Gasteiger partial charge >= 0.3 is 0 Å². The molecule has 2 atom stereocenters. The van der Waals surface area contributed by atoms with Crippen LogP contribution < -0.4 is 10.0 Å². The lowest BCUT2D eigenvalue weighted by Gasteiger charge is -2.33. The van der Waals surface area contributed by atoms with Gasteiger partial charge in [-0.05, 0) is 57.4 Å². The average molecular weight is 312 g/mol. The molecule has 1 aromatic carbocycles. The Morgan fingerprint density at radius 1 is 1.19 bits per heavy atom. The molecule has 1 aliphatic rings. The van der Waals surface area contributed by atoms with Crippen molar-refractivity contribution < 1.29 is 13.2 Å². The van der Waals surface area contributed by atoms with Gasteiger partial charge in [0.15, 0.2) is 0 Å². The second kappa shape index (κ2) is 6.23. The summed E-state index contributed by atoms with van der Waals surface area (Å²) in [6, 6.07) is 6.06. The smallest absolute Gasteiger partial charge is 0.229 e. The second-order valence-corrected chi connectivity index (χ2v) is 7.72. The molecule has 118 valence electrons. The highest BCUT2D eigenvalue weighted by Crippen LogP contribution is 2.25. The van der Waals surface area contributed by atoms with Gasteiger partial charge in [0.05, 0.1) is 24.2 Å². The third kappa shape index (κ3) is 4.89. The van der Waals surface area contributed by atoms with Crippen molar-refractivity contribution in [2.24, 2.45) is 0 Å². The number of sulfonamides is 1. The van der Waals surface area contributed by atoms with E-state index in [1.807, 2.05) is 19.1 Å². The predicted molar refractivity (Wildman–Crippen MR) is 86.3 cm³/mol. The molecule has 0 spiro atoms. The summed E-state index contributed by atoms with van der Waals surface area (Å²) in [6.45, 7) is 6.08. The Morgan fingerprint density at radius 3 is 2.33 bits per heavy atom. The zero-order valence-corrected chi connectivity index (χ0v) is 13.8. The number of benzene rings is 1. The third-order valence-corrected chi connectivity index (χ3v) is 4.18. The van der Waals surface area contributed by atoms with Gasteiger partial charge in [0, 0.05) is 11.7 Å². The molecule has 1 aromatic rings. The summed E-state index contributed by atoms with van der Waals surface area (Å²) in [6.07, 6.45) is 3.64. The van der Waals surface area contributed by atoms with Gasteiger partial charge < -0.3 is 10.1 Å². The Bertz CT molecular complexity index is 591. The van der Waals surface area contributed by atoms with E-state index >= 15 is 0 Å². The van der Waals surface area contributed by atoms with E-state index < -0.39 is 10.0 Å². The molecule has 0 aromatic heterocycles. The van der Waals surface area contributed by atoms with Gasteiger partial charge in [-0.3, -0.25) is 4.72 Å². The summed E-state index contributed by atoms with van der Waals surface area (Å²) in [4.78, 5) is 0. The maximum atomic E-state index is 11.3. The summed E-state index contributed by atoms with van der Waals surface area (Å²) in [5.41, 5.74) is 2.54. The van der Waals surface area contributed by atoms with E-state index in [4.69, 9.17) is 4.74 Å². The summed E-state index contributed by atoms with van der Waals surface area (Å²) < 4.78 is 30.8. The Kier molecular flexibility index (Phi) is 4.78. The van der Waals surface area contributed by atoms with Crippen LogP contribution in [0.2, 0.25) is 0 Å². The molecule has 2 N–H and O–H groups in total. The van der Waals surface area contributed by atoms with E-state index in [1.165, 1.54) is 0 Å². The number of anilines is 2. The van der Waals surface area contributed by atoms with Gasteiger partial charge in [-0.25, -0.2) is 8.42 Å². The Hall–Kier alpha value is -1.27. The van der Waals surface area contributed by atoms with E-state index in [0.717, 1.165) is 30.3 Å². The van der Waals surface area contributed by atoms with Crippen molar-refractivity contribution in [3.63, 3.8) is 0 Å². The second-order valence-electron chi connectivity index (χ2n) is 5.97. The maximum absolute atomic E-state index is 11.3. The topological polar surface area (TPSA) is 67.4 Å². The Morgan fingerprint density at radius 2 is 1.81 bits per heavy atom. The summed E-state index contributed by atoms with van der Waals surface area (Å²) in [5.74, 6) is 0. The largest absolute Gasteiger partial charge is 0.382 e. The molecule has 0 radical (unpaired) electrons. The van der Waals surface area contributed by atoms with E-state index in [2.05, 4.69) is 23.9 Å². The quantitative estimate of drug-likeness (QED) is 0.897. The molecule has 1 saturated heterocycles. The zero-order chi connectivity index (χ0) is 15.6. The lowest BCUT2D eigenvalue weighted by molar-refractivity contribution is -0.0337. The van der Waals surface area contributed by atoms with Gasteiger partial charge in [0.25, 0.3) is 0 Å². The van der Waals surface area contributed by atoms with Crippen LogP contribution in [0.25, 0.3) is 0 Å². The van der Waals surface area contributed by atoms with E-state index in [9.17, 15) is 8.42 Å². The van der Waals surface area contributed by atoms with Crippen molar-refractivity contribution in [2.75, 3.05) is 16.3 Å². The fraction of sp³-hybridized carbons (Fsp3) is 0.600. The molecule has 0 bridgehead atoms. The van der Waals surface area contributed by atoms with Gasteiger partial charge in [0.2, 0.25) is 10.0 Å². The molecule has 6 heteroatoms. The van der Waals surface area contributed by atoms with Crippen LogP contribution in [0.15, 0.2) is 18.2 Å². The molecule has 1 heterocycles. The van der Waals surface area contributed by atoms with Crippen LogP contribution in [0.5, 0.6) is 0 Å². The third-order valence-electron chi connectivity index (χ3n) is 3.59. The molecule has 0 saturated carbocycles. The first-order valence-electron chi connectivity index (χ1n) is 7.23. The van der Waals surface area contributed by atoms with Crippen molar-refractivity contribution in [1.29, 1.82) is 0 Å². The van der Waals surface area contributed by atoms with Crippen LogP contribution in [-0.2, 0) is 14.8 Å². The molecular formula is C15H24N2O3S. The number of nitrogens with one attached hydrogen (secondary N) is 2. The van der Waals surface area contributed by atoms with Gasteiger partial charge in [-0.15, -0.1) is 0 Å². The van der Waals surface area contributed by atoms with Crippen molar-refractivity contribution in [3.05, 3.63) is 23.8 Å². The van der Waals surface area contributed by atoms with Gasteiger partial charge in [-0.1, -0.05) is 0 Å². The summed E-state index contributed by atoms with van der Waals surface area (Å²) in [5, 5.41) is 3.52. The minimum absolute atomic E-state index is 0.263. The lowest BCUT2D eigenvalue weighted by atomic mass is 9.99. The van der Waals surface area contributed by atoms with Crippen LogP contribution in [0, 0.1) is 6.92 Å². The molecule has 2 rings (SSSR count). The van der Waals surface area contributed by atoms with E-state index in [-0.39, 0.29) is 12.2 Å². The number of ether oxygens (including phenoxy) is 1. The minimum atomic E-state index is -3.24. The summed E-state index contributed by atoms with van der Waals surface area (Å²) in [7, 11) is -3.24. The highest BCUT2D eigenvalue weighted by molar-refractivity contribution is 7.92. The summed E-state index contributed by atoms with van der Waals surface area (Å²) >= 11 is 0. The highest BCUT2D eigenvalue weighted by atomic mass is 32.2. The molecular weight excluding hydrogens is 288 g/mol. The molecule has 0 amide bonds. The van der Waals surface area contributed by atoms with Gasteiger partial charge in [0.1, 0.15) is 0 Å². The molecule has 21 heavy (non-hydrogen) atoms. The molecule has 1 aliphatic heterocycles. The maximum Gasteiger partial charge on any atom is 0.229 e. The van der Waals surface area contributed by atoms with E-state index in [1.54, 1.807) is 6.07 Å². The molecule has 0 aliphatic carbocycles. The number of aryl methyl sites for hydroxylation is 1. The lowest BCUT2D eigenvalue weighted by Crippen LogP contribution is -2.36. The fourth-order valence-corrected chi connectivity index (χ4v) is 3.46. The fourth-order valence-electron chi connectivity index (χ4n) is 2.83. The molecule has 1 fully saturated rings. The monoisotopic (exact) mass is 312 g/mol. The predicted octanol–water partition coefficient (Wildman–Crippen LogP) is 2.73. The number of hydrogen-bond donors (Lipinski definition) is 2. The van der Waals surface area contributed by atoms with Crippen molar-refractivity contribution in [3.8, 4) is 0 Å². The van der Waals surface area contributed by atoms with Crippen molar-refractivity contribution in [1.82, 2.24) is 0 Å².